The monoisotopic (exact) mass is 475 g/mol. The van der Waals surface area contributed by atoms with Crippen molar-refractivity contribution in [1.29, 1.82) is 0 Å². The number of carbonyl (C=O) groups is 1. The lowest BCUT2D eigenvalue weighted by molar-refractivity contribution is -0.113. The molecule has 0 saturated carbocycles. The van der Waals surface area contributed by atoms with Gasteiger partial charge in [0.25, 0.3) is 0 Å². The SMILES string of the molecule is O=C(CSc1nnc(N2CCOCC2)n1Cc1ccccc1)Nc1ccccc1OC(F)F. The number of rotatable bonds is 9. The van der Waals surface area contributed by atoms with E-state index in [9.17, 15) is 13.6 Å². The van der Waals surface area contributed by atoms with E-state index in [0.29, 0.717) is 38.0 Å². The van der Waals surface area contributed by atoms with Crippen LogP contribution in [0, 0.1) is 0 Å². The second-order valence-corrected chi connectivity index (χ2v) is 8.11. The molecule has 0 atom stereocenters. The maximum Gasteiger partial charge on any atom is 0.387 e. The molecule has 0 bridgehead atoms. The molecule has 1 fully saturated rings. The Morgan fingerprint density at radius 1 is 1.09 bits per heavy atom. The third kappa shape index (κ3) is 6.20. The van der Waals surface area contributed by atoms with Gasteiger partial charge in [0.1, 0.15) is 5.75 Å². The molecule has 2 heterocycles. The molecule has 0 unspecified atom stereocenters. The van der Waals surface area contributed by atoms with Gasteiger partial charge in [-0.25, -0.2) is 0 Å². The molecule has 2 aromatic carbocycles. The average molecular weight is 476 g/mol. The lowest BCUT2D eigenvalue weighted by Gasteiger charge is -2.28. The minimum Gasteiger partial charge on any atom is -0.433 e. The molecule has 8 nitrogen and oxygen atoms in total. The van der Waals surface area contributed by atoms with Crippen LogP contribution in [0.5, 0.6) is 5.75 Å². The standard InChI is InChI=1S/C22H23F2N5O3S/c23-20(24)32-18-9-5-4-8-17(18)25-19(30)15-33-22-27-26-21(28-10-12-31-13-11-28)29(22)14-16-6-2-1-3-7-16/h1-9,20H,10-15H2,(H,25,30). The smallest absolute Gasteiger partial charge is 0.387 e. The minimum absolute atomic E-state index is 0.0268. The first kappa shape index (κ1) is 23.0. The van der Waals surface area contributed by atoms with E-state index in [1.54, 1.807) is 12.1 Å². The Morgan fingerprint density at radius 2 is 1.82 bits per heavy atom. The minimum atomic E-state index is -2.98. The highest BCUT2D eigenvalue weighted by Crippen LogP contribution is 2.27. The molecule has 1 N–H and O–H groups in total. The predicted molar refractivity (Wildman–Crippen MR) is 121 cm³/mol. The Morgan fingerprint density at radius 3 is 2.58 bits per heavy atom. The molecule has 4 rings (SSSR count). The van der Waals surface area contributed by atoms with Crippen LogP contribution < -0.4 is 15.0 Å². The molecule has 1 aliphatic heterocycles. The number of morpholine rings is 1. The molecule has 0 spiro atoms. The molecule has 1 amide bonds. The van der Waals surface area contributed by atoms with Gasteiger partial charge in [0.15, 0.2) is 5.16 Å². The van der Waals surface area contributed by atoms with Gasteiger partial charge in [0.2, 0.25) is 11.9 Å². The van der Waals surface area contributed by atoms with Gasteiger partial charge in [-0.2, -0.15) is 8.78 Å². The number of carbonyl (C=O) groups excluding carboxylic acids is 1. The average Bonchev–Trinajstić information content (AvgIpc) is 3.22. The number of anilines is 2. The highest BCUT2D eigenvalue weighted by molar-refractivity contribution is 7.99. The molecule has 0 radical (unpaired) electrons. The third-order valence-electron chi connectivity index (χ3n) is 4.88. The van der Waals surface area contributed by atoms with Gasteiger partial charge in [0, 0.05) is 13.1 Å². The lowest BCUT2D eigenvalue weighted by atomic mass is 10.2. The van der Waals surface area contributed by atoms with Gasteiger partial charge in [-0.3, -0.25) is 9.36 Å². The number of para-hydroxylation sites is 2. The Balaban J connectivity index is 1.47. The quantitative estimate of drug-likeness (QED) is 0.475. The van der Waals surface area contributed by atoms with Gasteiger partial charge >= 0.3 is 6.61 Å². The molecule has 174 valence electrons. The van der Waals surface area contributed by atoms with Crippen LogP contribution in [0.2, 0.25) is 0 Å². The normalized spacial score (nSPS) is 13.8. The number of hydrogen-bond acceptors (Lipinski definition) is 7. The van der Waals surface area contributed by atoms with E-state index < -0.39 is 6.61 Å². The summed E-state index contributed by atoms with van der Waals surface area (Å²) in [4.78, 5) is 14.7. The number of ether oxygens (including phenoxy) is 2. The number of halogens is 2. The van der Waals surface area contributed by atoms with Crippen LogP contribution in [0.15, 0.2) is 59.8 Å². The highest BCUT2D eigenvalue weighted by Gasteiger charge is 2.21. The van der Waals surface area contributed by atoms with E-state index in [4.69, 9.17) is 4.74 Å². The first-order valence-electron chi connectivity index (χ1n) is 10.4. The Bertz CT molecular complexity index is 1060. The molecule has 1 aromatic heterocycles. The molecule has 33 heavy (non-hydrogen) atoms. The van der Waals surface area contributed by atoms with E-state index in [1.807, 2.05) is 34.9 Å². The molecular formula is C22H23F2N5O3S. The fraction of sp³-hybridized carbons (Fsp3) is 0.318. The zero-order chi connectivity index (χ0) is 23.0. The number of amides is 1. The number of alkyl halides is 2. The summed E-state index contributed by atoms with van der Waals surface area (Å²) in [5, 5.41) is 11.9. The topological polar surface area (TPSA) is 81.5 Å². The number of benzene rings is 2. The van der Waals surface area contributed by atoms with E-state index in [1.165, 1.54) is 23.9 Å². The zero-order valence-electron chi connectivity index (χ0n) is 17.7. The van der Waals surface area contributed by atoms with Crippen molar-refractivity contribution >= 4 is 29.3 Å². The molecule has 11 heteroatoms. The lowest BCUT2D eigenvalue weighted by Crippen LogP contribution is -2.38. The summed E-state index contributed by atoms with van der Waals surface area (Å²) in [5.74, 6) is 0.292. The van der Waals surface area contributed by atoms with E-state index >= 15 is 0 Å². The van der Waals surface area contributed by atoms with Crippen molar-refractivity contribution in [2.24, 2.45) is 0 Å². The second kappa shape index (κ2) is 11.1. The number of hydrogen-bond donors (Lipinski definition) is 1. The van der Waals surface area contributed by atoms with Crippen molar-refractivity contribution in [2.45, 2.75) is 18.3 Å². The number of thioether (sulfide) groups is 1. The van der Waals surface area contributed by atoms with Crippen LogP contribution in [0.3, 0.4) is 0 Å². The Labute approximate surface area is 193 Å². The first-order chi connectivity index (χ1) is 16.1. The van der Waals surface area contributed by atoms with Crippen LogP contribution in [-0.4, -0.2) is 59.3 Å². The van der Waals surface area contributed by atoms with E-state index in [0.717, 1.165) is 11.5 Å². The summed E-state index contributed by atoms with van der Waals surface area (Å²) >= 11 is 1.23. The van der Waals surface area contributed by atoms with Gasteiger partial charge in [0.05, 0.1) is 31.2 Å². The van der Waals surface area contributed by atoms with E-state index in [2.05, 4.69) is 25.2 Å². The van der Waals surface area contributed by atoms with Crippen LogP contribution in [0.1, 0.15) is 5.56 Å². The summed E-state index contributed by atoms with van der Waals surface area (Å²) in [7, 11) is 0. The van der Waals surface area contributed by atoms with Gasteiger partial charge in [-0.05, 0) is 17.7 Å². The van der Waals surface area contributed by atoms with Crippen LogP contribution in [-0.2, 0) is 16.1 Å². The van der Waals surface area contributed by atoms with Crippen LogP contribution in [0.4, 0.5) is 20.4 Å². The summed E-state index contributed by atoms with van der Waals surface area (Å²) in [6.07, 6.45) is 0. The van der Waals surface area contributed by atoms with Gasteiger partial charge in [-0.15, -0.1) is 10.2 Å². The maximum absolute atomic E-state index is 12.6. The number of nitrogens with zero attached hydrogens (tertiary/aromatic N) is 4. The number of aromatic nitrogens is 3. The summed E-state index contributed by atoms with van der Waals surface area (Å²) in [6, 6.07) is 16.0. The van der Waals surface area contributed by atoms with Gasteiger partial charge < -0.3 is 19.7 Å². The predicted octanol–water partition coefficient (Wildman–Crippen LogP) is 3.50. The third-order valence-corrected chi connectivity index (χ3v) is 5.85. The van der Waals surface area contributed by atoms with Crippen molar-refractivity contribution in [3.8, 4) is 5.75 Å². The Kier molecular flexibility index (Phi) is 7.74. The highest BCUT2D eigenvalue weighted by atomic mass is 32.2. The van der Waals surface area contributed by atoms with Crippen molar-refractivity contribution < 1.29 is 23.0 Å². The van der Waals surface area contributed by atoms with Crippen molar-refractivity contribution in [1.82, 2.24) is 14.8 Å². The van der Waals surface area contributed by atoms with Gasteiger partial charge in [-0.1, -0.05) is 54.2 Å². The summed E-state index contributed by atoms with van der Waals surface area (Å²) < 4.78 is 37.1. The zero-order valence-corrected chi connectivity index (χ0v) is 18.5. The van der Waals surface area contributed by atoms with Crippen molar-refractivity contribution in [2.75, 3.05) is 42.3 Å². The molecular weight excluding hydrogens is 452 g/mol. The van der Waals surface area contributed by atoms with Crippen molar-refractivity contribution in [3.63, 3.8) is 0 Å². The fourth-order valence-corrected chi connectivity index (χ4v) is 4.11. The van der Waals surface area contributed by atoms with Crippen LogP contribution in [0.25, 0.3) is 0 Å². The van der Waals surface area contributed by atoms with E-state index in [-0.39, 0.29) is 23.1 Å². The molecule has 1 saturated heterocycles. The summed E-state index contributed by atoms with van der Waals surface area (Å²) in [6.45, 7) is 0.215. The summed E-state index contributed by atoms with van der Waals surface area (Å²) in [5.41, 5.74) is 1.26. The number of nitrogens with one attached hydrogen (secondary N) is 1. The molecule has 3 aromatic rings. The maximum atomic E-state index is 12.6. The first-order valence-corrected chi connectivity index (χ1v) is 11.3. The molecule has 0 aliphatic carbocycles. The largest absolute Gasteiger partial charge is 0.433 e. The van der Waals surface area contributed by atoms with Crippen molar-refractivity contribution in [3.05, 3.63) is 60.2 Å². The van der Waals surface area contributed by atoms with Crippen LogP contribution >= 0.6 is 11.8 Å². The second-order valence-electron chi connectivity index (χ2n) is 7.17. The molecule has 1 aliphatic rings. The fourth-order valence-electron chi connectivity index (χ4n) is 3.37. The Hall–Kier alpha value is -3.18.